The van der Waals surface area contributed by atoms with Crippen LogP contribution in [0.3, 0.4) is 0 Å². The minimum atomic E-state index is -0.448. The van der Waals surface area contributed by atoms with Gasteiger partial charge in [0, 0.05) is 12.1 Å². The van der Waals surface area contributed by atoms with Crippen molar-refractivity contribution in [1.29, 1.82) is 0 Å². The van der Waals surface area contributed by atoms with Crippen LogP contribution < -0.4 is 5.73 Å². The van der Waals surface area contributed by atoms with E-state index < -0.39 is 6.04 Å². The molecule has 0 saturated carbocycles. The molecule has 1 heterocycles. The van der Waals surface area contributed by atoms with Gasteiger partial charge in [-0.1, -0.05) is 30.3 Å². The van der Waals surface area contributed by atoms with Gasteiger partial charge < -0.3 is 10.6 Å². The molecule has 1 aliphatic rings. The Bertz CT molecular complexity index is 431. The number of carbonyl (C=O) groups excluding carboxylic acids is 2. The summed E-state index contributed by atoms with van der Waals surface area (Å²) in [4.78, 5) is 25.6. The van der Waals surface area contributed by atoms with Crippen LogP contribution in [0, 0.1) is 0 Å². The van der Waals surface area contributed by atoms with Gasteiger partial charge in [-0.2, -0.15) is 0 Å². The van der Waals surface area contributed by atoms with Gasteiger partial charge in [-0.3, -0.25) is 9.59 Å². The average Bonchev–Trinajstić information content (AvgIpc) is 2.55. The highest BCUT2D eigenvalue weighted by atomic mass is 16.2. The molecule has 2 N–H and O–H groups in total. The van der Waals surface area contributed by atoms with Crippen LogP contribution in [0.15, 0.2) is 30.3 Å². The molecule has 0 radical (unpaired) electrons. The molecule has 0 bridgehead atoms. The zero-order valence-corrected chi connectivity index (χ0v) is 10.3. The van der Waals surface area contributed by atoms with Gasteiger partial charge in [-0.05, 0) is 19.3 Å². The Balaban J connectivity index is 2.04. The second-order valence-corrected chi connectivity index (χ2v) is 4.65. The van der Waals surface area contributed by atoms with E-state index in [9.17, 15) is 9.59 Å². The lowest BCUT2D eigenvalue weighted by Gasteiger charge is -2.21. The SMILES string of the molecule is NC1CCCCN(CC(=O)c2ccccc2)C1=O. The topological polar surface area (TPSA) is 63.4 Å². The van der Waals surface area contributed by atoms with Crippen molar-refractivity contribution in [3.8, 4) is 0 Å². The van der Waals surface area contributed by atoms with Crippen molar-refractivity contribution in [2.75, 3.05) is 13.1 Å². The van der Waals surface area contributed by atoms with Gasteiger partial charge >= 0.3 is 0 Å². The monoisotopic (exact) mass is 246 g/mol. The highest BCUT2D eigenvalue weighted by Crippen LogP contribution is 2.11. The molecule has 1 unspecified atom stereocenters. The maximum Gasteiger partial charge on any atom is 0.239 e. The quantitative estimate of drug-likeness (QED) is 0.815. The number of amides is 1. The second kappa shape index (κ2) is 5.78. The zero-order chi connectivity index (χ0) is 13.0. The molecule has 1 atom stereocenters. The molecule has 96 valence electrons. The van der Waals surface area contributed by atoms with Crippen LogP contribution in [0.2, 0.25) is 0 Å². The van der Waals surface area contributed by atoms with E-state index >= 15 is 0 Å². The largest absolute Gasteiger partial charge is 0.334 e. The van der Waals surface area contributed by atoms with E-state index in [1.54, 1.807) is 17.0 Å². The molecule has 1 aliphatic heterocycles. The molecule has 0 aromatic heterocycles. The van der Waals surface area contributed by atoms with Crippen LogP contribution in [-0.2, 0) is 4.79 Å². The normalized spacial score (nSPS) is 20.6. The van der Waals surface area contributed by atoms with Crippen LogP contribution in [0.25, 0.3) is 0 Å². The van der Waals surface area contributed by atoms with E-state index in [1.165, 1.54) is 0 Å². The van der Waals surface area contributed by atoms with Crippen molar-refractivity contribution >= 4 is 11.7 Å². The summed E-state index contributed by atoms with van der Waals surface area (Å²) in [5, 5.41) is 0. The number of rotatable bonds is 3. The van der Waals surface area contributed by atoms with Crippen molar-refractivity contribution in [3.05, 3.63) is 35.9 Å². The fourth-order valence-electron chi connectivity index (χ4n) is 2.18. The first kappa shape index (κ1) is 12.8. The molecule has 18 heavy (non-hydrogen) atoms. The number of carbonyl (C=O) groups is 2. The zero-order valence-electron chi connectivity index (χ0n) is 10.3. The molecular weight excluding hydrogens is 228 g/mol. The fourth-order valence-corrected chi connectivity index (χ4v) is 2.18. The van der Waals surface area contributed by atoms with E-state index in [2.05, 4.69) is 0 Å². The minimum absolute atomic E-state index is 0.0296. The molecule has 0 aliphatic carbocycles. The van der Waals surface area contributed by atoms with Gasteiger partial charge in [-0.15, -0.1) is 0 Å². The summed E-state index contributed by atoms with van der Waals surface area (Å²) in [6.45, 7) is 0.766. The maximum atomic E-state index is 12.0. The minimum Gasteiger partial charge on any atom is -0.334 e. The summed E-state index contributed by atoms with van der Waals surface area (Å²) in [6, 6.07) is 8.60. The summed E-state index contributed by atoms with van der Waals surface area (Å²) in [5.41, 5.74) is 6.42. The number of likely N-dealkylation sites (tertiary alicyclic amines) is 1. The molecule has 1 amide bonds. The van der Waals surface area contributed by atoms with Crippen LogP contribution in [0.4, 0.5) is 0 Å². The number of Topliss-reactive ketones (excluding diaryl/α,β-unsaturated/α-hetero) is 1. The summed E-state index contributed by atoms with van der Waals surface area (Å²) in [5.74, 6) is -0.130. The lowest BCUT2D eigenvalue weighted by molar-refractivity contribution is -0.131. The van der Waals surface area contributed by atoms with E-state index in [0.717, 1.165) is 19.3 Å². The first-order chi connectivity index (χ1) is 8.68. The van der Waals surface area contributed by atoms with Crippen molar-refractivity contribution < 1.29 is 9.59 Å². The summed E-state index contributed by atoms with van der Waals surface area (Å²) in [7, 11) is 0. The standard InChI is InChI=1S/C14H18N2O2/c15-12-8-4-5-9-16(14(12)18)10-13(17)11-6-2-1-3-7-11/h1-3,6-7,12H,4-5,8-10,15H2. The molecule has 1 saturated heterocycles. The third kappa shape index (κ3) is 2.96. The molecule has 4 heteroatoms. The van der Waals surface area contributed by atoms with E-state index in [1.807, 2.05) is 18.2 Å². The van der Waals surface area contributed by atoms with Crippen LogP contribution in [0.1, 0.15) is 29.6 Å². The Morgan fingerprint density at radius 2 is 2.00 bits per heavy atom. The first-order valence-corrected chi connectivity index (χ1v) is 6.31. The number of benzene rings is 1. The van der Waals surface area contributed by atoms with Crippen LogP contribution >= 0.6 is 0 Å². The van der Waals surface area contributed by atoms with E-state index in [-0.39, 0.29) is 18.2 Å². The van der Waals surface area contributed by atoms with Gasteiger partial charge in [0.15, 0.2) is 5.78 Å². The Kier molecular flexibility index (Phi) is 4.10. The van der Waals surface area contributed by atoms with Gasteiger partial charge in [0.05, 0.1) is 12.6 Å². The second-order valence-electron chi connectivity index (χ2n) is 4.65. The molecule has 0 spiro atoms. The summed E-state index contributed by atoms with van der Waals surface area (Å²) < 4.78 is 0. The fraction of sp³-hybridized carbons (Fsp3) is 0.429. The number of hydrogen-bond acceptors (Lipinski definition) is 3. The molecule has 1 aromatic carbocycles. The molecular formula is C14H18N2O2. The average molecular weight is 246 g/mol. The third-order valence-corrected chi connectivity index (χ3v) is 3.25. The molecule has 4 nitrogen and oxygen atoms in total. The smallest absolute Gasteiger partial charge is 0.239 e. The van der Waals surface area contributed by atoms with Gasteiger partial charge in [0.1, 0.15) is 0 Å². The third-order valence-electron chi connectivity index (χ3n) is 3.25. The first-order valence-electron chi connectivity index (χ1n) is 6.31. The van der Waals surface area contributed by atoms with Crippen molar-refractivity contribution in [1.82, 2.24) is 4.90 Å². The Hall–Kier alpha value is -1.68. The Morgan fingerprint density at radius 3 is 2.72 bits per heavy atom. The summed E-state index contributed by atoms with van der Waals surface area (Å²) in [6.07, 6.45) is 2.58. The van der Waals surface area contributed by atoms with Gasteiger partial charge in [0.25, 0.3) is 0 Å². The maximum absolute atomic E-state index is 12.0. The van der Waals surface area contributed by atoms with Crippen LogP contribution in [0.5, 0.6) is 0 Å². The number of ketones is 1. The lowest BCUT2D eigenvalue weighted by atomic mass is 10.1. The predicted molar refractivity (Wildman–Crippen MR) is 69.2 cm³/mol. The van der Waals surface area contributed by atoms with E-state index in [4.69, 9.17) is 5.73 Å². The van der Waals surface area contributed by atoms with E-state index in [0.29, 0.717) is 12.1 Å². The van der Waals surface area contributed by atoms with Crippen LogP contribution in [-0.4, -0.2) is 35.7 Å². The van der Waals surface area contributed by atoms with Gasteiger partial charge in [-0.25, -0.2) is 0 Å². The highest BCUT2D eigenvalue weighted by Gasteiger charge is 2.25. The molecule has 1 fully saturated rings. The van der Waals surface area contributed by atoms with Crippen molar-refractivity contribution in [2.45, 2.75) is 25.3 Å². The van der Waals surface area contributed by atoms with Gasteiger partial charge in [0.2, 0.25) is 5.91 Å². The number of nitrogens with two attached hydrogens (primary N) is 1. The highest BCUT2D eigenvalue weighted by molar-refractivity contribution is 5.99. The number of nitrogens with zero attached hydrogens (tertiary/aromatic N) is 1. The predicted octanol–water partition coefficient (Wildman–Crippen LogP) is 1.21. The summed E-state index contributed by atoms with van der Waals surface area (Å²) >= 11 is 0. The Labute approximate surface area is 107 Å². The molecule has 1 aromatic rings. The van der Waals surface area contributed by atoms with Crippen molar-refractivity contribution in [2.24, 2.45) is 5.73 Å². The number of hydrogen-bond donors (Lipinski definition) is 1. The van der Waals surface area contributed by atoms with Crippen molar-refractivity contribution in [3.63, 3.8) is 0 Å². The Morgan fingerprint density at radius 1 is 1.28 bits per heavy atom. The molecule has 2 rings (SSSR count). The lowest BCUT2D eigenvalue weighted by Crippen LogP contribution is -2.44.